The van der Waals surface area contributed by atoms with Crippen molar-refractivity contribution in [1.82, 2.24) is 20.4 Å². The molecule has 0 radical (unpaired) electrons. The van der Waals surface area contributed by atoms with Crippen molar-refractivity contribution in [2.24, 2.45) is 5.92 Å². The Morgan fingerprint density at radius 3 is 2.62 bits per heavy atom. The molecule has 26 heavy (non-hydrogen) atoms. The molecule has 6 nitrogen and oxygen atoms in total. The maximum Gasteiger partial charge on any atom is 0.248 e. The monoisotopic (exact) mass is 398 g/mol. The molecule has 4 rings (SSSR count). The quantitative estimate of drug-likeness (QED) is 0.737. The van der Waals surface area contributed by atoms with E-state index >= 15 is 0 Å². The van der Waals surface area contributed by atoms with Crippen LogP contribution in [-0.2, 0) is 9.59 Å². The molecule has 3 saturated heterocycles. The molecule has 0 spiro atoms. The highest BCUT2D eigenvalue weighted by atomic mass is 32.2. The SMILES string of the molecule is CN1CCN(C(=O)C2CCSC2NC(=O)C2NC3CCCCC3S2)CC1. The summed E-state index contributed by atoms with van der Waals surface area (Å²) in [5.41, 5.74) is 0. The van der Waals surface area contributed by atoms with E-state index in [0.29, 0.717) is 11.3 Å². The molecule has 0 bridgehead atoms. The molecule has 0 aromatic rings. The first-order valence-electron chi connectivity index (χ1n) is 9.92. The molecule has 1 saturated carbocycles. The van der Waals surface area contributed by atoms with Crippen molar-refractivity contribution in [1.29, 1.82) is 0 Å². The Morgan fingerprint density at radius 1 is 1.08 bits per heavy atom. The third kappa shape index (κ3) is 4.03. The summed E-state index contributed by atoms with van der Waals surface area (Å²) in [4.78, 5) is 30.0. The third-order valence-electron chi connectivity index (χ3n) is 6.13. The van der Waals surface area contributed by atoms with Gasteiger partial charge in [0, 0.05) is 37.5 Å². The summed E-state index contributed by atoms with van der Waals surface area (Å²) in [5, 5.41) is 7.07. The maximum atomic E-state index is 12.9. The summed E-state index contributed by atoms with van der Waals surface area (Å²) in [6.07, 6.45) is 5.82. The Bertz CT molecular complexity index is 527. The second-order valence-corrected chi connectivity index (χ2v) is 10.5. The van der Waals surface area contributed by atoms with E-state index in [0.717, 1.165) is 38.4 Å². The molecule has 2 amide bonds. The second kappa shape index (κ2) is 8.29. The minimum atomic E-state index is -0.149. The number of carbonyl (C=O) groups is 2. The lowest BCUT2D eigenvalue weighted by Gasteiger charge is -2.35. The number of rotatable bonds is 3. The molecule has 4 fully saturated rings. The zero-order valence-electron chi connectivity index (χ0n) is 15.5. The number of carbonyl (C=O) groups excluding carboxylic acids is 2. The van der Waals surface area contributed by atoms with E-state index in [4.69, 9.17) is 0 Å². The largest absolute Gasteiger partial charge is 0.341 e. The predicted octanol–water partition coefficient (Wildman–Crippen LogP) is 0.930. The van der Waals surface area contributed by atoms with Gasteiger partial charge in [-0.15, -0.1) is 23.5 Å². The number of piperazine rings is 1. The maximum absolute atomic E-state index is 12.9. The van der Waals surface area contributed by atoms with E-state index in [9.17, 15) is 9.59 Å². The first-order chi connectivity index (χ1) is 12.6. The molecule has 4 aliphatic rings. The van der Waals surface area contributed by atoms with E-state index in [2.05, 4.69) is 22.6 Å². The highest BCUT2D eigenvalue weighted by Crippen LogP contribution is 2.38. The fourth-order valence-corrected chi connectivity index (χ4v) is 7.29. The van der Waals surface area contributed by atoms with Gasteiger partial charge in [-0.2, -0.15) is 0 Å². The Balaban J connectivity index is 1.32. The summed E-state index contributed by atoms with van der Waals surface area (Å²) in [6, 6.07) is 0.489. The number of fused-ring (bicyclic) bond motifs is 1. The van der Waals surface area contributed by atoms with Crippen LogP contribution in [0.15, 0.2) is 0 Å². The summed E-state index contributed by atoms with van der Waals surface area (Å²) in [7, 11) is 2.10. The first kappa shape index (κ1) is 18.9. The lowest BCUT2D eigenvalue weighted by molar-refractivity contribution is -0.137. The van der Waals surface area contributed by atoms with E-state index in [1.807, 2.05) is 4.90 Å². The Morgan fingerprint density at radius 2 is 1.85 bits per heavy atom. The van der Waals surface area contributed by atoms with Crippen LogP contribution in [0.25, 0.3) is 0 Å². The van der Waals surface area contributed by atoms with E-state index in [-0.39, 0.29) is 28.5 Å². The number of likely N-dealkylation sites (N-methyl/N-ethyl adjacent to an activating group) is 1. The molecule has 8 heteroatoms. The van der Waals surface area contributed by atoms with Crippen LogP contribution in [0.5, 0.6) is 0 Å². The Labute approximate surface area is 164 Å². The second-order valence-electron chi connectivity index (χ2n) is 7.94. The van der Waals surface area contributed by atoms with Crippen molar-refractivity contribution in [3.63, 3.8) is 0 Å². The van der Waals surface area contributed by atoms with Crippen LogP contribution in [0, 0.1) is 5.92 Å². The van der Waals surface area contributed by atoms with Crippen LogP contribution in [0.4, 0.5) is 0 Å². The van der Waals surface area contributed by atoms with Gasteiger partial charge in [-0.25, -0.2) is 0 Å². The van der Waals surface area contributed by atoms with Gasteiger partial charge >= 0.3 is 0 Å². The number of nitrogens with zero attached hydrogens (tertiary/aromatic N) is 2. The smallest absolute Gasteiger partial charge is 0.248 e. The summed E-state index contributed by atoms with van der Waals surface area (Å²) in [6.45, 7) is 3.49. The van der Waals surface area contributed by atoms with Crippen LogP contribution < -0.4 is 10.6 Å². The van der Waals surface area contributed by atoms with E-state index in [1.54, 1.807) is 23.5 Å². The first-order valence-corrected chi connectivity index (χ1v) is 11.9. The molecule has 5 atom stereocenters. The lowest BCUT2D eigenvalue weighted by Crippen LogP contribution is -2.52. The topological polar surface area (TPSA) is 64.7 Å². The normalized spacial score (nSPS) is 38.2. The molecular formula is C18H30N4O2S2. The lowest BCUT2D eigenvalue weighted by atomic mass is 9.95. The van der Waals surface area contributed by atoms with Crippen LogP contribution >= 0.6 is 23.5 Å². The van der Waals surface area contributed by atoms with Gasteiger partial charge in [0.25, 0.3) is 0 Å². The third-order valence-corrected chi connectivity index (χ3v) is 8.94. The molecule has 0 aromatic carbocycles. The molecule has 3 heterocycles. The number of hydrogen-bond acceptors (Lipinski definition) is 6. The van der Waals surface area contributed by atoms with Gasteiger partial charge in [0.05, 0.1) is 11.3 Å². The van der Waals surface area contributed by atoms with Crippen molar-refractivity contribution in [2.75, 3.05) is 39.0 Å². The standard InChI is InChI=1S/C18H30N4O2S2/c1-21-7-9-22(10-8-21)18(24)12-6-11-25-16(12)20-15(23)17-19-13-4-2-3-5-14(13)26-17/h12-14,16-17,19H,2-11H2,1H3,(H,20,23). The predicted molar refractivity (Wildman–Crippen MR) is 107 cm³/mol. The van der Waals surface area contributed by atoms with Gasteiger partial charge in [-0.1, -0.05) is 12.8 Å². The number of nitrogens with one attached hydrogen (secondary N) is 2. The van der Waals surface area contributed by atoms with Gasteiger partial charge in [0.1, 0.15) is 5.37 Å². The highest BCUT2D eigenvalue weighted by molar-refractivity contribution is 8.01. The van der Waals surface area contributed by atoms with Gasteiger partial charge in [-0.3, -0.25) is 14.9 Å². The fourth-order valence-electron chi connectivity index (χ4n) is 4.46. The Kier molecular flexibility index (Phi) is 6.02. The van der Waals surface area contributed by atoms with E-state index in [1.165, 1.54) is 25.7 Å². The highest BCUT2D eigenvalue weighted by Gasteiger charge is 2.42. The van der Waals surface area contributed by atoms with E-state index < -0.39 is 0 Å². The van der Waals surface area contributed by atoms with Gasteiger partial charge in [-0.05, 0) is 32.1 Å². The van der Waals surface area contributed by atoms with Gasteiger partial charge in [0.2, 0.25) is 11.8 Å². The van der Waals surface area contributed by atoms with Crippen molar-refractivity contribution in [2.45, 2.75) is 54.1 Å². The average Bonchev–Trinajstić information content (AvgIpc) is 3.28. The van der Waals surface area contributed by atoms with Crippen molar-refractivity contribution in [3.8, 4) is 0 Å². The van der Waals surface area contributed by atoms with Crippen molar-refractivity contribution in [3.05, 3.63) is 0 Å². The fraction of sp³-hybridized carbons (Fsp3) is 0.889. The molecular weight excluding hydrogens is 368 g/mol. The Hall–Kier alpha value is -0.440. The average molecular weight is 399 g/mol. The van der Waals surface area contributed by atoms with Crippen LogP contribution in [0.1, 0.15) is 32.1 Å². The number of amides is 2. The molecule has 5 unspecified atom stereocenters. The molecule has 2 N–H and O–H groups in total. The van der Waals surface area contributed by atoms with Crippen LogP contribution in [-0.4, -0.2) is 82.6 Å². The number of thioether (sulfide) groups is 2. The summed E-state index contributed by atoms with van der Waals surface area (Å²) >= 11 is 3.52. The zero-order chi connectivity index (χ0) is 18.1. The van der Waals surface area contributed by atoms with Crippen molar-refractivity contribution < 1.29 is 9.59 Å². The summed E-state index contributed by atoms with van der Waals surface area (Å²) in [5.74, 6) is 1.18. The number of hydrogen-bond donors (Lipinski definition) is 2. The minimum absolute atomic E-state index is 0.0685. The van der Waals surface area contributed by atoms with Crippen molar-refractivity contribution >= 4 is 35.3 Å². The molecule has 3 aliphatic heterocycles. The van der Waals surface area contributed by atoms with Crippen LogP contribution in [0.2, 0.25) is 0 Å². The minimum Gasteiger partial charge on any atom is -0.341 e. The van der Waals surface area contributed by atoms with Gasteiger partial charge in [0.15, 0.2) is 0 Å². The summed E-state index contributed by atoms with van der Waals surface area (Å²) < 4.78 is 0. The zero-order valence-corrected chi connectivity index (χ0v) is 17.1. The van der Waals surface area contributed by atoms with Crippen LogP contribution in [0.3, 0.4) is 0 Å². The molecule has 146 valence electrons. The molecule has 1 aliphatic carbocycles. The van der Waals surface area contributed by atoms with Gasteiger partial charge < -0.3 is 15.1 Å². The molecule has 0 aromatic heterocycles.